The van der Waals surface area contributed by atoms with E-state index in [1.54, 1.807) is 4.68 Å². The van der Waals surface area contributed by atoms with Gasteiger partial charge in [-0.25, -0.2) is 9.78 Å². The van der Waals surface area contributed by atoms with Crippen molar-refractivity contribution in [1.29, 1.82) is 0 Å². The molecule has 0 aromatic carbocycles. The van der Waals surface area contributed by atoms with Crippen molar-refractivity contribution in [3.63, 3.8) is 0 Å². The van der Waals surface area contributed by atoms with E-state index in [9.17, 15) is 9.90 Å². The summed E-state index contributed by atoms with van der Waals surface area (Å²) in [5.41, 5.74) is 2.56. The number of nitrogens with zero attached hydrogens (tertiary/aromatic N) is 3. The van der Waals surface area contributed by atoms with Gasteiger partial charge in [-0.15, -0.1) is 11.3 Å². The first-order chi connectivity index (χ1) is 8.56. The SMILES string of the molecule is Cc1nn(C)cc1-c1nc(C2CC2)c(C(=O)O)s1. The molecule has 0 aliphatic heterocycles. The smallest absolute Gasteiger partial charge is 0.347 e. The highest BCUT2D eigenvalue weighted by Gasteiger charge is 2.32. The predicted octanol–water partition coefficient (Wildman–Crippen LogP) is 2.43. The third-order valence-corrected chi connectivity index (χ3v) is 4.15. The quantitative estimate of drug-likeness (QED) is 0.923. The largest absolute Gasteiger partial charge is 0.477 e. The van der Waals surface area contributed by atoms with E-state index >= 15 is 0 Å². The molecular formula is C12H13N3O2S. The van der Waals surface area contributed by atoms with Crippen LogP contribution in [0.3, 0.4) is 0 Å². The van der Waals surface area contributed by atoms with E-state index in [1.807, 2.05) is 20.2 Å². The van der Waals surface area contributed by atoms with Crippen LogP contribution < -0.4 is 0 Å². The Balaban J connectivity index is 2.10. The Labute approximate surface area is 108 Å². The summed E-state index contributed by atoms with van der Waals surface area (Å²) in [5, 5.41) is 14.3. The van der Waals surface area contributed by atoms with E-state index in [1.165, 1.54) is 11.3 Å². The summed E-state index contributed by atoms with van der Waals surface area (Å²) in [6, 6.07) is 0. The number of rotatable bonds is 3. The minimum atomic E-state index is -0.873. The number of aromatic nitrogens is 3. The van der Waals surface area contributed by atoms with Crippen molar-refractivity contribution in [1.82, 2.24) is 14.8 Å². The molecule has 2 aromatic rings. The average molecular weight is 263 g/mol. The number of carboxylic acid groups (broad SMARTS) is 1. The highest BCUT2D eigenvalue weighted by atomic mass is 32.1. The Kier molecular flexibility index (Phi) is 2.48. The van der Waals surface area contributed by atoms with Crippen molar-refractivity contribution >= 4 is 17.3 Å². The fraction of sp³-hybridized carbons (Fsp3) is 0.417. The molecule has 1 aliphatic rings. The second kappa shape index (κ2) is 3.91. The number of hydrogen-bond donors (Lipinski definition) is 1. The van der Waals surface area contributed by atoms with Crippen LogP contribution in [-0.4, -0.2) is 25.8 Å². The van der Waals surface area contributed by atoms with Gasteiger partial charge in [0.1, 0.15) is 9.88 Å². The summed E-state index contributed by atoms with van der Waals surface area (Å²) in [4.78, 5) is 16.1. The van der Waals surface area contributed by atoms with Gasteiger partial charge in [0, 0.05) is 19.2 Å². The van der Waals surface area contributed by atoms with Crippen molar-refractivity contribution in [2.75, 3.05) is 0 Å². The summed E-state index contributed by atoms with van der Waals surface area (Å²) >= 11 is 1.25. The van der Waals surface area contributed by atoms with Crippen LogP contribution in [0.2, 0.25) is 0 Å². The standard InChI is InChI=1S/C12H13N3O2S/c1-6-8(5-15(2)14-6)11-13-9(7-3-4-7)10(18-11)12(16)17/h5,7H,3-4H2,1-2H3,(H,16,17). The molecule has 0 unspecified atom stereocenters. The number of aromatic carboxylic acids is 1. The molecule has 0 atom stereocenters. The summed E-state index contributed by atoms with van der Waals surface area (Å²) in [5.74, 6) is -0.528. The third-order valence-electron chi connectivity index (χ3n) is 3.06. The van der Waals surface area contributed by atoms with E-state index in [-0.39, 0.29) is 0 Å². The van der Waals surface area contributed by atoms with E-state index in [0.717, 1.165) is 34.8 Å². The van der Waals surface area contributed by atoms with Gasteiger partial charge in [-0.1, -0.05) is 0 Å². The van der Waals surface area contributed by atoms with Crippen LogP contribution in [0.4, 0.5) is 0 Å². The van der Waals surface area contributed by atoms with E-state index in [0.29, 0.717) is 10.8 Å². The molecule has 0 radical (unpaired) electrons. The lowest BCUT2D eigenvalue weighted by molar-refractivity contribution is 0.0700. The summed E-state index contributed by atoms with van der Waals surface area (Å²) in [7, 11) is 1.85. The van der Waals surface area contributed by atoms with Gasteiger partial charge < -0.3 is 5.11 Å². The van der Waals surface area contributed by atoms with Gasteiger partial charge >= 0.3 is 5.97 Å². The van der Waals surface area contributed by atoms with E-state index < -0.39 is 5.97 Å². The molecule has 1 N–H and O–H groups in total. The molecule has 3 rings (SSSR count). The number of hydrogen-bond acceptors (Lipinski definition) is 4. The number of carboxylic acids is 1. The van der Waals surface area contributed by atoms with Gasteiger partial charge in [0.2, 0.25) is 0 Å². The van der Waals surface area contributed by atoms with Crippen LogP contribution in [0.25, 0.3) is 10.6 Å². The van der Waals surface area contributed by atoms with Gasteiger partial charge in [-0.3, -0.25) is 4.68 Å². The van der Waals surface area contributed by atoms with Gasteiger partial charge in [-0.05, 0) is 19.8 Å². The lowest BCUT2D eigenvalue weighted by Gasteiger charge is -1.92. The second-order valence-corrected chi connectivity index (χ2v) is 5.61. The topological polar surface area (TPSA) is 68.0 Å². The molecule has 1 saturated carbocycles. The lowest BCUT2D eigenvalue weighted by Crippen LogP contribution is -1.97. The van der Waals surface area contributed by atoms with Crippen LogP contribution in [-0.2, 0) is 7.05 Å². The Morgan fingerprint density at radius 3 is 2.78 bits per heavy atom. The highest BCUT2D eigenvalue weighted by molar-refractivity contribution is 7.17. The number of carbonyl (C=O) groups is 1. The maximum absolute atomic E-state index is 11.2. The first-order valence-corrected chi connectivity index (χ1v) is 6.62. The van der Waals surface area contributed by atoms with Crippen LogP contribution in [0.1, 0.15) is 39.8 Å². The molecule has 0 bridgehead atoms. The van der Waals surface area contributed by atoms with Gasteiger partial charge in [0.25, 0.3) is 0 Å². The van der Waals surface area contributed by atoms with E-state index in [4.69, 9.17) is 0 Å². The number of aryl methyl sites for hydroxylation is 2. The van der Waals surface area contributed by atoms with Crippen LogP contribution >= 0.6 is 11.3 Å². The Hall–Kier alpha value is -1.69. The first-order valence-electron chi connectivity index (χ1n) is 5.81. The van der Waals surface area contributed by atoms with Gasteiger partial charge in [0.15, 0.2) is 0 Å². The maximum atomic E-state index is 11.2. The first kappa shape index (κ1) is 11.4. The molecule has 94 valence electrons. The summed E-state index contributed by atoms with van der Waals surface area (Å²) < 4.78 is 1.73. The summed E-state index contributed by atoms with van der Waals surface area (Å²) in [6.45, 7) is 1.91. The highest BCUT2D eigenvalue weighted by Crippen LogP contribution is 2.44. The molecule has 2 aromatic heterocycles. The zero-order valence-corrected chi connectivity index (χ0v) is 11.0. The average Bonchev–Trinajstić information content (AvgIpc) is 2.95. The fourth-order valence-electron chi connectivity index (χ4n) is 2.04. The van der Waals surface area contributed by atoms with Crippen molar-refractivity contribution in [3.05, 3.63) is 22.5 Å². The minimum Gasteiger partial charge on any atom is -0.477 e. The van der Waals surface area contributed by atoms with Crippen LogP contribution in [0.5, 0.6) is 0 Å². The molecule has 6 heteroatoms. The maximum Gasteiger partial charge on any atom is 0.347 e. The fourth-order valence-corrected chi connectivity index (χ4v) is 3.10. The monoisotopic (exact) mass is 263 g/mol. The molecule has 2 heterocycles. The van der Waals surface area contributed by atoms with Crippen LogP contribution in [0.15, 0.2) is 6.20 Å². The van der Waals surface area contributed by atoms with Crippen molar-refractivity contribution in [3.8, 4) is 10.6 Å². The van der Waals surface area contributed by atoms with Crippen molar-refractivity contribution < 1.29 is 9.90 Å². The molecule has 1 fully saturated rings. The molecule has 0 amide bonds. The normalized spacial score (nSPS) is 15.0. The predicted molar refractivity (Wildman–Crippen MR) is 68.0 cm³/mol. The van der Waals surface area contributed by atoms with E-state index in [2.05, 4.69) is 10.1 Å². The minimum absolute atomic E-state index is 0.345. The lowest BCUT2D eigenvalue weighted by atomic mass is 10.2. The van der Waals surface area contributed by atoms with Crippen molar-refractivity contribution in [2.45, 2.75) is 25.7 Å². The zero-order chi connectivity index (χ0) is 12.9. The van der Waals surface area contributed by atoms with Crippen LogP contribution in [0, 0.1) is 6.92 Å². The van der Waals surface area contributed by atoms with Gasteiger partial charge in [-0.2, -0.15) is 5.10 Å². The van der Waals surface area contributed by atoms with Gasteiger partial charge in [0.05, 0.1) is 17.0 Å². The molecule has 1 aliphatic carbocycles. The molecule has 0 spiro atoms. The second-order valence-electron chi connectivity index (χ2n) is 4.61. The van der Waals surface area contributed by atoms with Crippen molar-refractivity contribution in [2.24, 2.45) is 7.05 Å². The molecule has 5 nitrogen and oxygen atoms in total. The zero-order valence-electron chi connectivity index (χ0n) is 10.2. The summed E-state index contributed by atoms with van der Waals surface area (Å²) in [6.07, 6.45) is 3.99. The molecular weight excluding hydrogens is 250 g/mol. The molecule has 18 heavy (non-hydrogen) atoms. The Morgan fingerprint density at radius 1 is 1.56 bits per heavy atom. The molecule has 0 saturated heterocycles. The third kappa shape index (κ3) is 1.82. The number of thiazole rings is 1. The Bertz CT molecular complexity index is 625. The Morgan fingerprint density at radius 2 is 2.28 bits per heavy atom.